The van der Waals surface area contributed by atoms with Gasteiger partial charge in [-0.15, -0.1) is 0 Å². The van der Waals surface area contributed by atoms with Gasteiger partial charge < -0.3 is 5.32 Å². The summed E-state index contributed by atoms with van der Waals surface area (Å²) >= 11 is 0. The molecule has 1 aromatic carbocycles. The topological polar surface area (TPSA) is 49.4 Å². The molecule has 0 saturated carbocycles. The molecule has 2 rings (SSSR count). The zero-order valence-corrected chi connectivity index (χ0v) is 13.0. The third-order valence-electron chi connectivity index (χ3n) is 3.77. The number of hydrogen-bond acceptors (Lipinski definition) is 3. The van der Waals surface area contributed by atoms with Crippen LogP contribution in [-0.2, 0) is 22.0 Å². The average Bonchev–Trinajstić information content (AvgIpc) is 2.49. The van der Waals surface area contributed by atoms with Crippen LogP contribution < -0.4 is 5.32 Å². The maximum Gasteiger partial charge on any atom is 0.237 e. The molecule has 1 atom stereocenters. The first-order chi connectivity index (χ1) is 10.1. The van der Waals surface area contributed by atoms with Crippen molar-refractivity contribution >= 4 is 16.7 Å². The maximum atomic E-state index is 12.8. The Bertz CT molecular complexity index is 497. The Labute approximate surface area is 127 Å². The Morgan fingerprint density at radius 3 is 2.57 bits per heavy atom. The average molecular weight is 312 g/mol. The van der Waals surface area contributed by atoms with Crippen LogP contribution in [0.15, 0.2) is 24.3 Å². The summed E-state index contributed by atoms with van der Waals surface area (Å²) in [5.74, 6) is 1.03. The molecule has 1 N–H and O–H groups in total. The number of carbonyl (C=O) groups excluding carboxylic acids is 1. The van der Waals surface area contributed by atoms with Crippen molar-refractivity contribution in [3.05, 3.63) is 35.6 Å². The summed E-state index contributed by atoms with van der Waals surface area (Å²) in [5.41, 5.74) is 0.998. The van der Waals surface area contributed by atoms with Crippen LogP contribution in [0, 0.1) is 5.82 Å². The fourth-order valence-electron chi connectivity index (χ4n) is 2.33. The quantitative estimate of drug-likeness (QED) is 0.880. The van der Waals surface area contributed by atoms with E-state index >= 15 is 0 Å². The largest absolute Gasteiger partial charge is 0.354 e. The molecule has 1 aromatic rings. The molecule has 0 aliphatic carbocycles. The van der Waals surface area contributed by atoms with Crippen molar-refractivity contribution in [2.24, 2.45) is 0 Å². The predicted octanol–water partition coefficient (Wildman–Crippen LogP) is 0.937. The molecule has 116 valence electrons. The molecular formula is C15H21FN2O2S. The number of rotatable bonds is 5. The fraction of sp³-hybridized carbons (Fsp3) is 0.533. The molecule has 1 aliphatic heterocycles. The van der Waals surface area contributed by atoms with Crippen LogP contribution in [0.3, 0.4) is 0 Å². The maximum absolute atomic E-state index is 12.8. The van der Waals surface area contributed by atoms with Crippen LogP contribution in [0.2, 0.25) is 0 Å². The highest BCUT2D eigenvalue weighted by molar-refractivity contribution is 7.85. The first-order valence-electron chi connectivity index (χ1n) is 7.17. The summed E-state index contributed by atoms with van der Waals surface area (Å²) in [6.07, 6.45) is 0.683. The van der Waals surface area contributed by atoms with Crippen molar-refractivity contribution in [2.75, 3.05) is 31.1 Å². The second-order valence-corrected chi connectivity index (χ2v) is 6.92. The van der Waals surface area contributed by atoms with E-state index in [4.69, 9.17) is 0 Å². The lowest BCUT2D eigenvalue weighted by Gasteiger charge is -2.31. The summed E-state index contributed by atoms with van der Waals surface area (Å²) in [7, 11) is -0.727. The van der Waals surface area contributed by atoms with Crippen molar-refractivity contribution in [3.63, 3.8) is 0 Å². The van der Waals surface area contributed by atoms with E-state index in [1.54, 1.807) is 12.1 Å². The molecule has 0 bridgehead atoms. The van der Waals surface area contributed by atoms with Gasteiger partial charge in [0.1, 0.15) is 5.82 Å². The first-order valence-corrected chi connectivity index (χ1v) is 8.66. The van der Waals surface area contributed by atoms with E-state index in [1.165, 1.54) is 12.1 Å². The molecule has 4 nitrogen and oxygen atoms in total. The Kier molecular flexibility index (Phi) is 5.87. The second kappa shape index (κ2) is 7.66. The van der Waals surface area contributed by atoms with Gasteiger partial charge in [0.15, 0.2) is 0 Å². The number of nitrogens with zero attached hydrogens (tertiary/aromatic N) is 1. The van der Waals surface area contributed by atoms with E-state index in [0.29, 0.717) is 37.6 Å². The highest BCUT2D eigenvalue weighted by Crippen LogP contribution is 2.06. The van der Waals surface area contributed by atoms with Gasteiger partial charge in [0.25, 0.3) is 0 Å². The minimum absolute atomic E-state index is 0.00945. The van der Waals surface area contributed by atoms with Crippen molar-refractivity contribution in [1.82, 2.24) is 10.2 Å². The van der Waals surface area contributed by atoms with E-state index in [2.05, 4.69) is 10.2 Å². The third kappa shape index (κ3) is 4.89. The van der Waals surface area contributed by atoms with E-state index in [9.17, 15) is 13.4 Å². The molecule has 21 heavy (non-hydrogen) atoms. The number of hydrogen-bond donors (Lipinski definition) is 1. The minimum Gasteiger partial charge on any atom is -0.354 e. The number of halogens is 1. The van der Waals surface area contributed by atoms with Crippen molar-refractivity contribution in [1.29, 1.82) is 0 Å². The predicted molar refractivity (Wildman–Crippen MR) is 82.0 cm³/mol. The molecular weight excluding hydrogens is 291 g/mol. The standard InChI is InChI=1S/C15H21FN2O2S/c1-12(18-8-10-21(20)11-9-18)15(19)17-7-6-13-2-4-14(16)5-3-13/h2-5,12H,6-11H2,1H3,(H,17,19). The Morgan fingerprint density at radius 1 is 1.33 bits per heavy atom. The SMILES string of the molecule is CC(C(=O)NCCc1ccc(F)cc1)N1CCS(=O)CC1. The van der Waals surface area contributed by atoms with Crippen molar-refractivity contribution < 1.29 is 13.4 Å². The molecule has 0 aromatic heterocycles. The van der Waals surface area contributed by atoms with E-state index in [0.717, 1.165) is 5.56 Å². The van der Waals surface area contributed by atoms with Gasteiger partial charge in [-0.1, -0.05) is 12.1 Å². The van der Waals surface area contributed by atoms with Crippen LogP contribution in [-0.4, -0.2) is 52.2 Å². The lowest BCUT2D eigenvalue weighted by atomic mass is 10.1. The number of carbonyl (C=O) groups is 1. The lowest BCUT2D eigenvalue weighted by molar-refractivity contribution is -0.125. The molecule has 0 radical (unpaired) electrons. The Morgan fingerprint density at radius 2 is 1.95 bits per heavy atom. The summed E-state index contributed by atoms with van der Waals surface area (Å²) in [6, 6.07) is 6.10. The van der Waals surface area contributed by atoms with E-state index in [1.807, 2.05) is 6.92 Å². The zero-order chi connectivity index (χ0) is 15.2. The van der Waals surface area contributed by atoms with Crippen LogP contribution in [0.25, 0.3) is 0 Å². The zero-order valence-electron chi connectivity index (χ0n) is 12.2. The van der Waals surface area contributed by atoms with Crippen LogP contribution >= 0.6 is 0 Å². The molecule has 6 heteroatoms. The summed E-state index contributed by atoms with van der Waals surface area (Å²) in [4.78, 5) is 14.1. The van der Waals surface area contributed by atoms with Crippen LogP contribution in [0.1, 0.15) is 12.5 Å². The van der Waals surface area contributed by atoms with Crippen molar-refractivity contribution in [2.45, 2.75) is 19.4 Å². The van der Waals surface area contributed by atoms with Gasteiger partial charge in [0, 0.05) is 41.9 Å². The Hall–Kier alpha value is -1.27. The summed E-state index contributed by atoms with van der Waals surface area (Å²) < 4.78 is 24.1. The smallest absolute Gasteiger partial charge is 0.237 e. The monoisotopic (exact) mass is 312 g/mol. The van der Waals surface area contributed by atoms with Gasteiger partial charge in [-0.05, 0) is 31.0 Å². The third-order valence-corrected chi connectivity index (χ3v) is 5.04. The number of nitrogens with one attached hydrogen (secondary N) is 1. The fourth-order valence-corrected chi connectivity index (χ4v) is 3.41. The lowest BCUT2D eigenvalue weighted by Crippen LogP contribution is -2.50. The van der Waals surface area contributed by atoms with E-state index in [-0.39, 0.29) is 17.8 Å². The van der Waals surface area contributed by atoms with Gasteiger partial charge in [-0.3, -0.25) is 13.9 Å². The molecule has 1 fully saturated rings. The molecule has 1 saturated heterocycles. The molecule has 1 aliphatic rings. The van der Waals surface area contributed by atoms with Gasteiger partial charge in [-0.2, -0.15) is 0 Å². The molecule has 1 amide bonds. The van der Waals surface area contributed by atoms with Gasteiger partial charge in [0.2, 0.25) is 5.91 Å². The summed E-state index contributed by atoms with van der Waals surface area (Å²) in [6.45, 7) is 3.83. The molecule has 1 unspecified atom stereocenters. The van der Waals surface area contributed by atoms with Gasteiger partial charge in [-0.25, -0.2) is 4.39 Å². The number of benzene rings is 1. The molecule has 1 heterocycles. The van der Waals surface area contributed by atoms with Gasteiger partial charge in [0.05, 0.1) is 6.04 Å². The Balaban J connectivity index is 1.73. The molecule has 0 spiro atoms. The van der Waals surface area contributed by atoms with E-state index < -0.39 is 10.8 Å². The van der Waals surface area contributed by atoms with Crippen LogP contribution in [0.5, 0.6) is 0 Å². The van der Waals surface area contributed by atoms with Crippen molar-refractivity contribution in [3.8, 4) is 0 Å². The number of amides is 1. The van der Waals surface area contributed by atoms with Gasteiger partial charge >= 0.3 is 0 Å². The highest BCUT2D eigenvalue weighted by Gasteiger charge is 2.24. The second-order valence-electron chi connectivity index (χ2n) is 5.23. The van der Waals surface area contributed by atoms with Crippen LogP contribution in [0.4, 0.5) is 4.39 Å². The summed E-state index contributed by atoms with van der Waals surface area (Å²) in [5, 5.41) is 2.90. The normalized spacial score (nSPS) is 18.4. The minimum atomic E-state index is -0.727. The highest BCUT2D eigenvalue weighted by atomic mass is 32.2. The first kappa shape index (κ1) is 16.1.